The number of hydrogen-bond acceptors (Lipinski definition) is 3. The summed E-state index contributed by atoms with van der Waals surface area (Å²) < 4.78 is 10.8. The van der Waals surface area contributed by atoms with Crippen LogP contribution < -0.4 is 15.4 Å². The number of hydrogen-bond donors (Lipinski definition) is 2. The van der Waals surface area contributed by atoms with Crippen molar-refractivity contribution < 1.29 is 9.47 Å². The van der Waals surface area contributed by atoms with Gasteiger partial charge in [0.05, 0.1) is 13.2 Å². The molecule has 5 nitrogen and oxygen atoms in total. The molecule has 132 valence electrons. The van der Waals surface area contributed by atoms with Crippen molar-refractivity contribution in [2.75, 3.05) is 27.4 Å². The molecule has 0 aliphatic rings. The van der Waals surface area contributed by atoms with E-state index in [1.807, 2.05) is 12.1 Å². The summed E-state index contributed by atoms with van der Waals surface area (Å²) in [7, 11) is 3.45. The monoisotopic (exact) mass is 435 g/mol. The van der Waals surface area contributed by atoms with E-state index in [9.17, 15) is 0 Å². The predicted molar refractivity (Wildman–Crippen MR) is 107 cm³/mol. The lowest BCUT2D eigenvalue weighted by molar-refractivity contribution is 0.179. The number of nitrogens with one attached hydrogen (secondary N) is 2. The molecule has 1 atom stereocenters. The van der Waals surface area contributed by atoms with Gasteiger partial charge < -0.3 is 20.1 Å². The second-order valence-electron chi connectivity index (χ2n) is 5.78. The Morgan fingerprint density at radius 2 is 1.78 bits per heavy atom. The van der Waals surface area contributed by atoms with Crippen molar-refractivity contribution in [2.45, 2.75) is 33.4 Å². The van der Waals surface area contributed by atoms with E-state index in [0.717, 1.165) is 18.3 Å². The van der Waals surface area contributed by atoms with Gasteiger partial charge >= 0.3 is 0 Å². The molecule has 0 aliphatic heterocycles. The van der Waals surface area contributed by atoms with Crippen molar-refractivity contribution in [1.29, 1.82) is 0 Å². The molecule has 1 rings (SSSR count). The van der Waals surface area contributed by atoms with Crippen LogP contribution in [0.4, 0.5) is 0 Å². The van der Waals surface area contributed by atoms with E-state index < -0.39 is 0 Å². The number of halogens is 1. The molecule has 0 bridgehead atoms. The highest BCUT2D eigenvalue weighted by atomic mass is 127. The SMILES string of the molecule is CN=C(NCc1ccc(OCC(C)C)cc1)NC(C)COC.I. The second kappa shape index (κ2) is 12.4. The van der Waals surface area contributed by atoms with Crippen LogP contribution >= 0.6 is 24.0 Å². The first kappa shape index (κ1) is 22.0. The van der Waals surface area contributed by atoms with Gasteiger partial charge in [0, 0.05) is 26.7 Å². The third-order valence-corrected chi connectivity index (χ3v) is 2.99. The molecule has 6 heteroatoms. The van der Waals surface area contributed by atoms with Gasteiger partial charge in [-0.25, -0.2) is 0 Å². The first-order valence-electron chi connectivity index (χ1n) is 7.73. The van der Waals surface area contributed by atoms with Crippen LogP contribution in [-0.2, 0) is 11.3 Å². The number of ether oxygens (including phenoxy) is 2. The lowest BCUT2D eigenvalue weighted by Crippen LogP contribution is -2.43. The van der Waals surface area contributed by atoms with Gasteiger partial charge in [-0.15, -0.1) is 24.0 Å². The zero-order valence-corrected chi connectivity index (χ0v) is 17.1. The Morgan fingerprint density at radius 3 is 2.30 bits per heavy atom. The van der Waals surface area contributed by atoms with Gasteiger partial charge in [0.15, 0.2) is 5.96 Å². The third-order valence-electron chi connectivity index (χ3n) is 2.99. The van der Waals surface area contributed by atoms with Crippen molar-refractivity contribution in [2.24, 2.45) is 10.9 Å². The van der Waals surface area contributed by atoms with Gasteiger partial charge in [0.1, 0.15) is 5.75 Å². The zero-order valence-electron chi connectivity index (χ0n) is 14.8. The average molecular weight is 435 g/mol. The van der Waals surface area contributed by atoms with E-state index in [-0.39, 0.29) is 30.0 Å². The lowest BCUT2D eigenvalue weighted by atomic mass is 10.2. The van der Waals surface area contributed by atoms with E-state index in [4.69, 9.17) is 9.47 Å². The van der Waals surface area contributed by atoms with Gasteiger partial charge in [-0.2, -0.15) is 0 Å². The first-order chi connectivity index (χ1) is 10.5. The van der Waals surface area contributed by atoms with Gasteiger partial charge in [0.2, 0.25) is 0 Å². The number of guanidine groups is 1. The molecule has 1 unspecified atom stereocenters. The molecule has 0 amide bonds. The van der Waals surface area contributed by atoms with Crippen LogP contribution in [0.3, 0.4) is 0 Å². The van der Waals surface area contributed by atoms with E-state index in [1.54, 1.807) is 14.2 Å². The van der Waals surface area contributed by atoms with Crippen molar-refractivity contribution in [1.82, 2.24) is 10.6 Å². The summed E-state index contributed by atoms with van der Waals surface area (Å²) in [5.74, 6) is 2.21. The molecule has 0 saturated heterocycles. The summed E-state index contributed by atoms with van der Waals surface area (Å²) in [4.78, 5) is 4.21. The topological polar surface area (TPSA) is 54.9 Å². The molecule has 0 saturated carbocycles. The minimum Gasteiger partial charge on any atom is -0.493 e. The normalized spacial score (nSPS) is 12.5. The van der Waals surface area contributed by atoms with Crippen LogP contribution in [-0.4, -0.2) is 39.4 Å². The number of benzene rings is 1. The molecule has 0 radical (unpaired) electrons. The van der Waals surface area contributed by atoms with Crippen molar-refractivity contribution >= 4 is 29.9 Å². The van der Waals surface area contributed by atoms with Crippen LogP contribution in [0, 0.1) is 5.92 Å². The largest absolute Gasteiger partial charge is 0.493 e. The summed E-state index contributed by atoms with van der Waals surface area (Å²) >= 11 is 0. The zero-order chi connectivity index (χ0) is 16.4. The summed E-state index contributed by atoms with van der Waals surface area (Å²) in [6.07, 6.45) is 0. The standard InChI is InChI=1S/C17H29N3O2.HI/c1-13(2)11-22-16-8-6-15(7-9-16)10-19-17(18-4)20-14(3)12-21-5;/h6-9,13-14H,10-12H2,1-5H3,(H2,18,19,20);1H. The molecule has 0 aromatic heterocycles. The molecule has 0 heterocycles. The first-order valence-corrected chi connectivity index (χ1v) is 7.73. The van der Waals surface area contributed by atoms with Crippen LogP contribution in [0.2, 0.25) is 0 Å². The summed E-state index contributed by atoms with van der Waals surface area (Å²) in [6, 6.07) is 8.35. The fraction of sp³-hybridized carbons (Fsp3) is 0.588. The third kappa shape index (κ3) is 9.65. The van der Waals surface area contributed by atoms with E-state index in [1.165, 1.54) is 5.56 Å². The maximum absolute atomic E-state index is 5.68. The van der Waals surface area contributed by atoms with Gasteiger partial charge in [-0.3, -0.25) is 4.99 Å². The van der Waals surface area contributed by atoms with E-state index in [2.05, 4.69) is 48.5 Å². The summed E-state index contributed by atoms with van der Waals surface area (Å²) in [6.45, 7) is 8.43. The Labute approximate surface area is 157 Å². The van der Waals surface area contributed by atoms with Gasteiger partial charge in [-0.05, 0) is 30.5 Å². The van der Waals surface area contributed by atoms with Crippen molar-refractivity contribution in [3.63, 3.8) is 0 Å². The summed E-state index contributed by atoms with van der Waals surface area (Å²) in [5, 5.41) is 6.56. The average Bonchev–Trinajstić information content (AvgIpc) is 2.50. The lowest BCUT2D eigenvalue weighted by Gasteiger charge is -2.17. The molecule has 2 N–H and O–H groups in total. The van der Waals surface area contributed by atoms with Crippen LogP contribution in [0.25, 0.3) is 0 Å². The molecule has 1 aromatic carbocycles. The predicted octanol–water partition coefficient (Wildman–Crippen LogP) is 3.04. The number of aliphatic imine (C=N–C) groups is 1. The van der Waals surface area contributed by atoms with Crippen LogP contribution in [0.1, 0.15) is 26.3 Å². The minimum atomic E-state index is 0. The quantitative estimate of drug-likeness (QED) is 0.375. The molecule has 0 spiro atoms. The van der Waals surface area contributed by atoms with E-state index >= 15 is 0 Å². The Morgan fingerprint density at radius 1 is 1.13 bits per heavy atom. The fourth-order valence-corrected chi connectivity index (χ4v) is 1.87. The molecular weight excluding hydrogens is 405 g/mol. The Balaban J connectivity index is 0.00000484. The Bertz CT molecular complexity index is 450. The van der Waals surface area contributed by atoms with Crippen molar-refractivity contribution in [3.05, 3.63) is 29.8 Å². The van der Waals surface area contributed by atoms with Crippen LogP contribution in [0.5, 0.6) is 5.75 Å². The van der Waals surface area contributed by atoms with Crippen molar-refractivity contribution in [3.8, 4) is 5.75 Å². The van der Waals surface area contributed by atoms with Crippen LogP contribution in [0.15, 0.2) is 29.3 Å². The number of methoxy groups -OCH3 is 1. The fourth-order valence-electron chi connectivity index (χ4n) is 1.87. The highest BCUT2D eigenvalue weighted by molar-refractivity contribution is 14.0. The molecule has 1 aromatic rings. The van der Waals surface area contributed by atoms with Gasteiger partial charge in [0.25, 0.3) is 0 Å². The minimum absolute atomic E-state index is 0. The summed E-state index contributed by atoms with van der Waals surface area (Å²) in [5.41, 5.74) is 1.18. The maximum atomic E-state index is 5.68. The number of rotatable bonds is 8. The highest BCUT2D eigenvalue weighted by Gasteiger charge is 2.04. The second-order valence-corrected chi connectivity index (χ2v) is 5.78. The molecule has 0 fully saturated rings. The molecule has 23 heavy (non-hydrogen) atoms. The smallest absolute Gasteiger partial charge is 0.191 e. The maximum Gasteiger partial charge on any atom is 0.191 e. The molecule has 0 aliphatic carbocycles. The van der Waals surface area contributed by atoms with E-state index in [0.29, 0.717) is 19.1 Å². The number of nitrogens with zero attached hydrogens (tertiary/aromatic N) is 1. The Hall–Kier alpha value is -1.02. The highest BCUT2D eigenvalue weighted by Crippen LogP contribution is 2.13. The van der Waals surface area contributed by atoms with Gasteiger partial charge in [-0.1, -0.05) is 26.0 Å². The molecular formula is C17H30IN3O2. The Kier molecular flexibility index (Phi) is 11.9.